The average molecular weight is 328 g/mol. The smallest absolute Gasteiger partial charge is 0.133 e. The largest absolute Gasteiger partial charge is 0.496 e. The molecule has 106 valence electrons. The summed E-state index contributed by atoms with van der Waals surface area (Å²) in [5.41, 5.74) is 1.31. The summed E-state index contributed by atoms with van der Waals surface area (Å²) in [6.07, 6.45) is 2.55. The van der Waals surface area contributed by atoms with Crippen LogP contribution in [0.25, 0.3) is 0 Å². The predicted octanol–water partition coefficient (Wildman–Crippen LogP) is 3.01. The second kappa shape index (κ2) is 6.73. The van der Waals surface area contributed by atoms with Crippen LogP contribution in [0.3, 0.4) is 0 Å². The highest BCUT2D eigenvalue weighted by Gasteiger charge is 2.28. The summed E-state index contributed by atoms with van der Waals surface area (Å²) in [7, 11) is 3.72. The zero-order chi connectivity index (χ0) is 13.8. The van der Waals surface area contributed by atoms with Crippen molar-refractivity contribution in [3.8, 4) is 5.75 Å². The number of likely N-dealkylation sites (N-methyl/N-ethyl adjacent to an activating group) is 1. The van der Waals surface area contributed by atoms with Gasteiger partial charge in [-0.05, 0) is 60.4 Å². The molecule has 1 saturated heterocycles. The third-order valence-electron chi connectivity index (χ3n) is 3.84. The summed E-state index contributed by atoms with van der Waals surface area (Å²) in [5.74, 6) is 1.48. The lowest BCUT2D eigenvalue weighted by molar-refractivity contribution is 0.117. The Morgan fingerprint density at radius 3 is 2.84 bits per heavy atom. The Hall–Kier alpha value is -0.580. The number of nitrogens with one attached hydrogen (secondary N) is 1. The summed E-state index contributed by atoms with van der Waals surface area (Å²) in [6.45, 7) is 3.01. The normalized spacial score (nSPS) is 24.4. The molecule has 1 fully saturated rings. The molecule has 0 spiro atoms. The first-order valence-corrected chi connectivity index (χ1v) is 7.54. The van der Waals surface area contributed by atoms with Gasteiger partial charge in [0.15, 0.2) is 0 Å². The first kappa shape index (κ1) is 14.8. The molecule has 1 heterocycles. The lowest BCUT2D eigenvalue weighted by Gasteiger charge is -2.22. The SMILES string of the molecule is CNC(Cc1ccc(OC)c(Br)c1)C1COC(C)C1. The molecule has 4 heteroatoms. The Labute approximate surface area is 123 Å². The highest BCUT2D eigenvalue weighted by atomic mass is 79.9. The van der Waals surface area contributed by atoms with E-state index >= 15 is 0 Å². The molecular weight excluding hydrogens is 306 g/mol. The number of halogens is 1. The van der Waals surface area contributed by atoms with E-state index in [9.17, 15) is 0 Å². The van der Waals surface area contributed by atoms with Gasteiger partial charge in [0.1, 0.15) is 5.75 Å². The highest BCUT2D eigenvalue weighted by molar-refractivity contribution is 9.10. The molecule has 0 aromatic heterocycles. The minimum atomic E-state index is 0.392. The second-order valence-electron chi connectivity index (χ2n) is 5.21. The van der Waals surface area contributed by atoms with Gasteiger partial charge < -0.3 is 14.8 Å². The number of hydrogen-bond acceptors (Lipinski definition) is 3. The molecule has 1 aromatic carbocycles. The zero-order valence-electron chi connectivity index (χ0n) is 11.8. The molecule has 1 aliphatic rings. The summed E-state index contributed by atoms with van der Waals surface area (Å²) in [4.78, 5) is 0. The Morgan fingerprint density at radius 2 is 2.32 bits per heavy atom. The topological polar surface area (TPSA) is 30.5 Å². The van der Waals surface area contributed by atoms with Crippen LogP contribution < -0.4 is 10.1 Å². The van der Waals surface area contributed by atoms with Crippen LogP contribution in [0, 0.1) is 5.92 Å². The van der Waals surface area contributed by atoms with Crippen LogP contribution in [0.1, 0.15) is 18.9 Å². The molecule has 0 saturated carbocycles. The molecule has 19 heavy (non-hydrogen) atoms. The van der Waals surface area contributed by atoms with Crippen molar-refractivity contribution in [2.24, 2.45) is 5.92 Å². The van der Waals surface area contributed by atoms with Gasteiger partial charge in [0, 0.05) is 12.0 Å². The molecule has 1 aromatic rings. The monoisotopic (exact) mass is 327 g/mol. The van der Waals surface area contributed by atoms with Gasteiger partial charge in [0.05, 0.1) is 24.3 Å². The van der Waals surface area contributed by atoms with Crippen molar-refractivity contribution >= 4 is 15.9 Å². The lowest BCUT2D eigenvalue weighted by Crippen LogP contribution is -2.36. The van der Waals surface area contributed by atoms with Gasteiger partial charge in [-0.25, -0.2) is 0 Å². The van der Waals surface area contributed by atoms with Crippen molar-refractivity contribution in [2.75, 3.05) is 20.8 Å². The van der Waals surface area contributed by atoms with E-state index < -0.39 is 0 Å². The average Bonchev–Trinajstić information content (AvgIpc) is 2.82. The predicted molar refractivity (Wildman–Crippen MR) is 80.8 cm³/mol. The van der Waals surface area contributed by atoms with Crippen LogP contribution in [0.5, 0.6) is 5.75 Å². The summed E-state index contributed by atoms with van der Waals surface area (Å²) < 4.78 is 12.0. The Kier molecular flexibility index (Phi) is 5.25. The van der Waals surface area contributed by atoms with Crippen molar-refractivity contribution in [3.05, 3.63) is 28.2 Å². The minimum absolute atomic E-state index is 0.392. The highest BCUT2D eigenvalue weighted by Crippen LogP contribution is 2.28. The molecule has 3 nitrogen and oxygen atoms in total. The van der Waals surface area contributed by atoms with Crippen LogP contribution >= 0.6 is 15.9 Å². The van der Waals surface area contributed by atoms with Gasteiger partial charge in [0.25, 0.3) is 0 Å². The van der Waals surface area contributed by atoms with E-state index in [1.807, 2.05) is 13.1 Å². The van der Waals surface area contributed by atoms with E-state index in [1.54, 1.807) is 7.11 Å². The Morgan fingerprint density at radius 1 is 1.53 bits per heavy atom. The molecule has 0 bridgehead atoms. The first-order chi connectivity index (χ1) is 9.13. The molecule has 1 N–H and O–H groups in total. The van der Waals surface area contributed by atoms with Gasteiger partial charge in [-0.2, -0.15) is 0 Å². The van der Waals surface area contributed by atoms with E-state index in [2.05, 4.69) is 40.3 Å². The Bertz CT molecular complexity index is 425. The van der Waals surface area contributed by atoms with Crippen molar-refractivity contribution in [1.29, 1.82) is 0 Å². The van der Waals surface area contributed by atoms with Crippen LogP contribution in [-0.4, -0.2) is 32.9 Å². The standard InChI is InChI=1S/C15H22BrNO2/c1-10-6-12(9-19-10)14(17-2)8-11-4-5-15(18-3)13(16)7-11/h4-5,7,10,12,14,17H,6,8-9H2,1-3H3. The minimum Gasteiger partial charge on any atom is -0.496 e. The van der Waals surface area contributed by atoms with Crippen LogP contribution in [0.4, 0.5) is 0 Å². The fraction of sp³-hybridized carbons (Fsp3) is 0.600. The van der Waals surface area contributed by atoms with Crippen molar-refractivity contribution in [2.45, 2.75) is 31.9 Å². The van der Waals surface area contributed by atoms with Crippen LogP contribution in [0.15, 0.2) is 22.7 Å². The molecule has 0 aliphatic carbocycles. The zero-order valence-corrected chi connectivity index (χ0v) is 13.4. The quantitative estimate of drug-likeness (QED) is 0.901. The fourth-order valence-electron chi connectivity index (χ4n) is 2.73. The fourth-order valence-corrected chi connectivity index (χ4v) is 3.31. The maximum absolute atomic E-state index is 5.68. The van der Waals surface area contributed by atoms with Crippen molar-refractivity contribution in [1.82, 2.24) is 5.32 Å². The second-order valence-corrected chi connectivity index (χ2v) is 6.06. The molecule has 0 radical (unpaired) electrons. The van der Waals surface area contributed by atoms with Gasteiger partial charge in [-0.1, -0.05) is 6.07 Å². The van der Waals surface area contributed by atoms with Crippen molar-refractivity contribution in [3.63, 3.8) is 0 Å². The van der Waals surface area contributed by atoms with Crippen molar-refractivity contribution < 1.29 is 9.47 Å². The summed E-state index contributed by atoms with van der Waals surface area (Å²) in [5, 5.41) is 3.43. The molecule has 1 aliphatic heterocycles. The third kappa shape index (κ3) is 3.71. The van der Waals surface area contributed by atoms with Gasteiger partial charge in [-0.3, -0.25) is 0 Å². The van der Waals surface area contributed by atoms with E-state index in [0.717, 1.165) is 29.7 Å². The van der Waals surface area contributed by atoms with Gasteiger partial charge >= 0.3 is 0 Å². The molecule has 0 amide bonds. The van der Waals surface area contributed by atoms with E-state index in [1.165, 1.54) is 5.56 Å². The third-order valence-corrected chi connectivity index (χ3v) is 4.46. The Balaban J connectivity index is 2.03. The van der Waals surface area contributed by atoms with E-state index in [4.69, 9.17) is 9.47 Å². The molecule has 3 atom stereocenters. The molecule has 3 unspecified atom stereocenters. The lowest BCUT2D eigenvalue weighted by atomic mass is 9.91. The number of rotatable bonds is 5. The maximum Gasteiger partial charge on any atom is 0.133 e. The van der Waals surface area contributed by atoms with E-state index in [0.29, 0.717) is 18.1 Å². The number of hydrogen-bond donors (Lipinski definition) is 1. The number of benzene rings is 1. The first-order valence-electron chi connectivity index (χ1n) is 6.75. The van der Waals surface area contributed by atoms with E-state index in [-0.39, 0.29) is 0 Å². The maximum atomic E-state index is 5.68. The molecule has 2 rings (SSSR count). The summed E-state index contributed by atoms with van der Waals surface area (Å²) in [6, 6.07) is 6.75. The number of ether oxygens (including phenoxy) is 2. The summed E-state index contributed by atoms with van der Waals surface area (Å²) >= 11 is 3.54. The van der Waals surface area contributed by atoms with Crippen LogP contribution in [-0.2, 0) is 11.2 Å². The molecular formula is C15H22BrNO2. The van der Waals surface area contributed by atoms with Gasteiger partial charge in [0.2, 0.25) is 0 Å². The van der Waals surface area contributed by atoms with Gasteiger partial charge in [-0.15, -0.1) is 0 Å². The van der Waals surface area contributed by atoms with Crippen LogP contribution in [0.2, 0.25) is 0 Å². The number of methoxy groups -OCH3 is 1.